The number of aromatic hydroxyl groups is 1. The van der Waals surface area contributed by atoms with Gasteiger partial charge < -0.3 is 15.7 Å². The predicted octanol–water partition coefficient (Wildman–Crippen LogP) is 4.09. The highest BCUT2D eigenvalue weighted by molar-refractivity contribution is 7.80. The fourth-order valence-corrected chi connectivity index (χ4v) is 2.17. The largest absolute Gasteiger partial charge is 0.504 e. The smallest absolute Gasteiger partial charge is 0.171 e. The third-order valence-corrected chi connectivity index (χ3v) is 3.22. The van der Waals surface area contributed by atoms with Crippen LogP contribution in [-0.4, -0.2) is 15.8 Å². The molecule has 0 aliphatic heterocycles. The van der Waals surface area contributed by atoms with E-state index in [0.717, 1.165) is 0 Å². The monoisotopic (exact) mass is 306 g/mol. The number of phenols is 1. The maximum absolute atomic E-state index is 9.91. The van der Waals surface area contributed by atoms with Gasteiger partial charge in [-0.2, -0.15) is 0 Å². The lowest BCUT2D eigenvalue weighted by atomic mass is 10.1. The van der Waals surface area contributed by atoms with E-state index >= 15 is 0 Å². The van der Waals surface area contributed by atoms with Crippen LogP contribution in [0.2, 0.25) is 10.0 Å². The number of benzene rings is 1. The number of hydrogen-bond donors (Lipinski definition) is 3. The number of phenolic OH excluding ortho intramolecular Hbond substituents is 1. The Balaban J connectivity index is 2.96. The summed E-state index contributed by atoms with van der Waals surface area (Å²) in [5, 5.41) is 17.0. The average Bonchev–Trinajstić information content (AvgIpc) is 2.20. The Labute approximate surface area is 122 Å². The van der Waals surface area contributed by atoms with Gasteiger partial charge in [-0.05, 0) is 51.5 Å². The van der Waals surface area contributed by atoms with Crippen LogP contribution in [0.25, 0.3) is 0 Å². The van der Waals surface area contributed by atoms with Crippen LogP contribution in [-0.2, 0) is 0 Å². The predicted molar refractivity (Wildman–Crippen MR) is 82.0 cm³/mol. The second-order valence-corrected chi connectivity index (χ2v) is 6.22. The van der Waals surface area contributed by atoms with Gasteiger partial charge in [0.15, 0.2) is 10.9 Å². The van der Waals surface area contributed by atoms with Crippen LogP contribution in [0.3, 0.4) is 0 Å². The minimum Gasteiger partial charge on any atom is -0.504 e. The summed E-state index contributed by atoms with van der Waals surface area (Å²) >= 11 is 17.1. The SMILES string of the molecule is Cc1c(Cl)cc(NC(=S)NC(C)(C)C)c(O)c1Cl. The number of halogens is 2. The van der Waals surface area contributed by atoms with E-state index in [1.165, 1.54) is 0 Å². The lowest BCUT2D eigenvalue weighted by Gasteiger charge is -2.23. The van der Waals surface area contributed by atoms with Crippen molar-refractivity contribution >= 4 is 46.2 Å². The van der Waals surface area contributed by atoms with E-state index in [0.29, 0.717) is 21.4 Å². The summed E-state index contributed by atoms with van der Waals surface area (Å²) in [4.78, 5) is 0. The van der Waals surface area contributed by atoms with E-state index < -0.39 is 0 Å². The molecule has 6 heteroatoms. The molecule has 0 radical (unpaired) electrons. The fraction of sp³-hybridized carbons (Fsp3) is 0.417. The van der Waals surface area contributed by atoms with Crippen LogP contribution in [0.1, 0.15) is 26.3 Å². The third-order valence-electron chi connectivity index (χ3n) is 2.16. The van der Waals surface area contributed by atoms with Crippen molar-refractivity contribution in [1.29, 1.82) is 0 Å². The summed E-state index contributed by atoms with van der Waals surface area (Å²) in [5.74, 6) is -0.0587. The van der Waals surface area contributed by atoms with Crippen LogP contribution in [0.5, 0.6) is 5.75 Å². The van der Waals surface area contributed by atoms with E-state index in [-0.39, 0.29) is 16.3 Å². The van der Waals surface area contributed by atoms with Crippen molar-refractivity contribution < 1.29 is 5.11 Å². The second kappa shape index (κ2) is 5.51. The van der Waals surface area contributed by atoms with Crippen LogP contribution in [0, 0.1) is 6.92 Å². The van der Waals surface area contributed by atoms with Crippen LogP contribution in [0.4, 0.5) is 5.69 Å². The zero-order valence-corrected chi connectivity index (χ0v) is 13.0. The molecule has 1 rings (SSSR count). The summed E-state index contributed by atoms with van der Waals surface area (Å²) in [6, 6.07) is 1.59. The first kappa shape index (κ1) is 15.3. The normalized spacial score (nSPS) is 11.2. The molecular formula is C12H16Cl2N2OS. The Bertz CT molecular complexity index is 484. The van der Waals surface area contributed by atoms with Crippen LogP contribution < -0.4 is 10.6 Å². The quantitative estimate of drug-likeness (QED) is 0.540. The summed E-state index contributed by atoms with van der Waals surface area (Å²) in [7, 11) is 0. The Morgan fingerprint density at radius 2 is 1.89 bits per heavy atom. The highest BCUT2D eigenvalue weighted by atomic mass is 35.5. The molecule has 0 unspecified atom stereocenters. The molecular weight excluding hydrogens is 291 g/mol. The van der Waals surface area contributed by atoms with E-state index in [1.807, 2.05) is 20.8 Å². The number of anilines is 1. The van der Waals surface area contributed by atoms with Gasteiger partial charge in [-0.25, -0.2) is 0 Å². The summed E-state index contributed by atoms with van der Waals surface area (Å²) in [6.45, 7) is 7.68. The molecule has 0 spiro atoms. The van der Waals surface area contributed by atoms with E-state index in [2.05, 4.69) is 10.6 Å². The van der Waals surface area contributed by atoms with Crippen molar-refractivity contribution in [1.82, 2.24) is 5.32 Å². The molecule has 0 aliphatic carbocycles. The molecule has 1 aromatic carbocycles. The van der Waals surface area contributed by atoms with Crippen molar-refractivity contribution in [3.8, 4) is 5.75 Å². The Morgan fingerprint density at radius 1 is 1.33 bits per heavy atom. The molecule has 18 heavy (non-hydrogen) atoms. The topological polar surface area (TPSA) is 44.3 Å². The van der Waals surface area contributed by atoms with Gasteiger partial charge in [0.05, 0.1) is 10.7 Å². The Hall–Kier alpha value is -0.710. The molecule has 1 aromatic rings. The molecule has 0 aromatic heterocycles. The Kier molecular flexibility index (Phi) is 4.70. The molecule has 0 bridgehead atoms. The van der Waals surface area contributed by atoms with Crippen molar-refractivity contribution in [3.63, 3.8) is 0 Å². The average molecular weight is 307 g/mol. The molecule has 0 fully saturated rings. The number of thiocarbonyl (C=S) groups is 1. The lowest BCUT2D eigenvalue weighted by Crippen LogP contribution is -2.42. The molecule has 0 saturated heterocycles. The molecule has 100 valence electrons. The maximum Gasteiger partial charge on any atom is 0.171 e. The lowest BCUT2D eigenvalue weighted by molar-refractivity contribution is 0.477. The molecule has 0 saturated carbocycles. The van der Waals surface area contributed by atoms with Gasteiger partial charge in [-0.3, -0.25) is 0 Å². The van der Waals surface area contributed by atoms with Gasteiger partial charge in [-0.1, -0.05) is 23.2 Å². The maximum atomic E-state index is 9.91. The minimum absolute atomic E-state index is 0.0587. The summed E-state index contributed by atoms with van der Waals surface area (Å²) in [5.41, 5.74) is 0.853. The second-order valence-electron chi connectivity index (χ2n) is 5.02. The van der Waals surface area contributed by atoms with Crippen molar-refractivity contribution in [2.24, 2.45) is 0 Å². The zero-order chi connectivity index (χ0) is 14.1. The first-order valence-electron chi connectivity index (χ1n) is 5.38. The standard InChI is InChI=1S/C12H16Cl2N2OS/c1-6-7(13)5-8(10(17)9(6)14)15-11(18)16-12(2,3)4/h5,17H,1-4H3,(H2,15,16,18). The van der Waals surface area contributed by atoms with Gasteiger partial charge in [0, 0.05) is 10.6 Å². The first-order valence-corrected chi connectivity index (χ1v) is 6.55. The van der Waals surface area contributed by atoms with Gasteiger partial charge in [0.1, 0.15) is 0 Å². The molecule has 0 heterocycles. The first-order chi connectivity index (χ1) is 8.11. The van der Waals surface area contributed by atoms with E-state index in [9.17, 15) is 5.11 Å². The zero-order valence-electron chi connectivity index (χ0n) is 10.7. The van der Waals surface area contributed by atoms with Crippen molar-refractivity contribution in [3.05, 3.63) is 21.7 Å². The molecule has 0 atom stereocenters. The van der Waals surface area contributed by atoms with Gasteiger partial charge in [0.25, 0.3) is 0 Å². The number of rotatable bonds is 1. The molecule has 0 aliphatic rings. The van der Waals surface area contributed by atoms with Gasteiger partial charge in [0.2, 0.25) is 0 Å². The third kappa shape index (κ3) is 3.90. The van der Waals surface area contributed by atoms with Gasteiger partial charge >= 0.3 is 0 Å². The minimum atomic E-state index is -0.169. The molecule has 0 amide bonds. The van der Waals surface area contributed by atoms with E-state index in [1.54, 1.807) is 13.0 Å². The number of nitrogens with one attached hydrogen (secondary N) is 2. The fourth-order valence-electron chi connectivity index (χ4n) is 1.29. The number of hydrogen-bond acceptors (Lipinski definition) is 2. The van der Waals surface area contributed by atoms with Crippen molar-refractivity contribution in [2.75, 3.05) is 5.32 Å². The highest BCUT2D eigenvalue weighted by Gasteiger charge is 2.15. The summed E-state index contributed by atoms with van der Waals surface area (Å²) < 4.78 is 0. The van der Waals surface area contributed by atoms with Crippen LogP contribution >= 0.6 is 35.4 Å². The Morgan fingerprint density at radius 3 is 2.39 bits per heavy atom. The molecule has 3 nitrogen and oxygen atoms in total. The van der Waals surface area contributed by atoms with E-state index in [4.69, 9.17) is 35.4 Å². The summed E-state index contributed by atoms with van der Waals surface area (Å²) in [6.07, 6.45) is 0. The van der Waals surface area contributed by atoms with Crippen molar-refractivity contribution in [2.45, 2.75) is 33.2 Å². The highest BCUT2D eigenvalue weighted by Crippen LogP contribution is 2.38. The van der Waals surface area contributed by atoms with Gasteiger partial charge in [-0.15, -0.1) is 0 Å². The molecule has 3 N–H and O–H groups in total. The van der Waals surface area contributed by atoms with Crippen LogP contribution in [0.15, 0.2) is 6.07 Å².